The lowest BCUT2D eigenvalue weighted by Gasteiger charge is -2.32. The van der Waals surface area contributed by atoms with Crippen LogP contribution in [0, 0.1) is 5.82 Å². The molecule has 1 heterocycles. The number of aliphatic carboxylic acids is 1. The second-order valence-corrected chi connectivity index (χ2v) is 7.32. The standard InChI is InChI=1S/C12H13ClFNO4S/c13-9-5-8(1-2-10(9)14)6-15-3-4-20(18,19)7-11(15)12(16)17/h1-2,5,11H,3-4,6-7H2,(H,16,17). The maximum atomic E-state index is 13.1. The van der Waals surface area contributed by atoms with E-state index in [0.717, 1.165) is 0 Å². The van der Waals surface area contributed by atoms with E-state index in [1.807, 2.05) is 0 Å². The molecule has 8 heteroatoms. The van der Waals surface area contributed by atoms with E-state index in [1.165, 1.54) is 18.2 Å². The van der Waals surface area contributed by atoms with E-state index in [9.17, 15) is 17.6 Å². The quantitative estimate of drug-likeness (QED) is 0.904. The van der Waals surface area contributed by atoms with Crippen LogP contribution in [0.4, 0.5) is 4.39 Å². The van der Waals surface area contributed by atoms with Gasteiger partial charge in [0.25, 0.3) is 0 Å². The van der Waals surface area contributed by atoms with Gasteiger partial charge in [0, 0.05) is 13.1 Å². The molecule has 1 saturated heterocycles. The Hall–Kier alpha value is -1.18. The molecule has 1 aliphatic rings. The van der Waals surface area contributed by atoms with Gasteiger partial charge in [-0.1, -0.05) is 17.7 Å². The highest BCUT2D eigenvalue weighted by atomic mass is 35.5. The molecule has 0 spiro atoms. The summed E-state index contributed by atoms with van der Waals surface area (Å²) in [5, 5.41) is 9.08. The summed E-state index contributed by atoms with van der Waals surface area (Å²) in [6.07, 6.45) is 0. The molecule has 110 valence electrons. The molecule has 0 saturated carbocycles. The number of benzene rings is 1. The Morgan fingerprint density at radius 2 is 2.20 bits per heavy atom. The van der Waals surface area contributed by atoms with Gasteiger partial charge in [-0.3, -0.25) is 9.69 Å². The molecule has 1 aromatic rings. The maximum Gasteiger partial charge on any atom is 0.321 e. The highest BCUT2D eigenvalue weighted by molar-refractivity contribution is 7.91. The molecule has 1 fully saturated rings. The summed E-state index contributed by atoms with van der Waals surface area (Å²) in [7, 11) is -3.33. The zero-order valence-electron chi connectivity index (χ0n) is 10.4. The number of rotatable bonds is 3. The predicted octanol–water partition coefficient (Wildman–Crippen LogP) is 1.16. The van der Waals surface area contributed by atoms with Gasteiger partial charge in [-0.05, 0) is 17.7 Å². The van der Waals surface area contributed by atoms with Gasteiger partial charge < -0.3 is 5.11 Å². The fraction of sp³-hybridized carbons (Fsp3) is 0.417. The topological polar surface area (TPSA) is 74.7 Å². The number of hydrogen-bond acceptors (Lipinski definition) is 4. The Kier molecular flexibility index (Phi) is 4.31. The van der Waals surface area contributed by atoms with Crippen LogP contribution in [0.5, 0.6) is 0 Å². The van der Waals surface area contributed by atoms with E-state index in [0.29, 0.717) is 5.56 Å². The van der Waals surface area contributed by atoms with Crippen LogP contribution in [0.2, 0.25) is 5.02 Å². The van der Waals surface area contributed by atoms with E-state index in [2.05, 4.69) is 0 Å². The smallest absolute Gasteiger partial charge is 0.321 e. The van der Waals surface area contributed by atoms with Gasteiger partial charge in [-0.2, -0.15) is 0 Å². The van der Waals surface area contributed by atoms with E-state index in [-0.39, 0.29) is 23.9 Å². The molecule has 1 aromatic carbocycles. The molecule has 5 nitrogen and oxygen atoms in total. The zero-order chi connectivity index (χ0) is 14.9. The van der Waals surface area contributed by atoms with Gasteiger partial charge in [-0.25, -0.2) is 12.8 Å². The van der Waals surface area contributed by atoms with E-state index >= 15 is 0 Å². The molecule has 0 aliphatic carbocycles. The van der Waals surface area contributed by atoms with Crippen molar-refractivity contribution in [2.45, 2.75) is 12.6 Å². The fourth-order valence-electron chi connectivity index (χ4n) is 2.13. The number of hydrogen-bond donors (Lipinski definition) is 1. The highest BCUT2D eigenvalue weighted by Gasteiger charge is 2.35. The molecular formula is C12H13ClFNO4S. The number of carboxylic acid groups (broad SMARTS) is 1. The van der Waals surface area contributed by atoms with Gasteiger partial charge >= 0.3 is 5.97 Å². The summed E-state index contributed by atoms with van der Waals surface area (Å²) >= 11 is 5.67. The van der Waals surface area contributed by atoms with Crippen molar-refractivity contribution < 1.29 is 22.7 Å². The molecule has 1 N–H and O–H groups in total. The van der Waals surface area contributed by atoms with Crippen molar-refractivity contribution in [2.75, 3.05) is 18.1 Å². The Morgan fingerprint density at radius 3 is 2.80 bits per heavy atom. The molecule has 1 atom stereocenters. The Bertz CT molecular complexity index is 634. The number of carbonyl (C=O) groups is 1. The van der Waals surface area contributed by atoms with Crippen LogP contribution < -0.4 is 0 Å². The second-order valence-electron chi connectivity index (χ2n) is 4.69. The first kappa shape index (κ1) is 15.2. The van der Waals surface area contributed by atoms with Gasteiger partial charge in [0.15, 0.2) is 9.84 Å². The molecule has 0 amide bonds. The van der Waals surface area contributed by atoms with Gasteiger partial charge in [0.05, 0.1) is 16.5 Å². The van der Waals surface area contributed by atoms with Crippen LogP contribution in [0.15, 0.2) is 18.2 Å². The summed E-state index contributed by atoms with van der Waals surface area (Å²) in [6.45, 7) is 0.348. The number of nitrogens with zero attached hydrogens (tertiary/aromatic N) is 1. The van der Waals surface area contributed by atoms with Crippen LogP contribution >= 0.6 is 11.6 Å². The number of sulfone groups is 1. The second kappa shape index (κ2) is 5.67. The van der Waals surface area contributed by atoms with Crippen molar-refractivity contribution in [3.8, 4) is 0 Å². The monoisotopic (exact) mass is 321 g/mol. The van der Waals surface area contributed by atoms with Crippen molar-refractivity contribution in [1.82, 2.24) is 4.90 Å². The molecule has 20 heavy (non-hydrogen) atoms. The number of halogens is 2. The van der Waals surface area contributed by atoms with E-state index in [1.54, 1.807) is 4.90 Å². The minimum absolute atomic E-state index is 0.0426. The highest BCUT2D eigenvalue weighted by Crippen LogP contribution is 2.20. The first-order valence-electron chi connectivity index (χ1n) is 5.90. The van der Waals surface area contributed by atoms with Gasteiger partial charge in [0.2, 0.25) is 0 Å². The third-order valence-corrected chi connectivity index (χ3v) is 5.11. The maximum absolute atomic E-state index is 13.1. The lowest BCUT2D eigenvalue weighted by molar-refractivity contribution is -0.142. The normalized spacial score (nSPS) is 22.6. The Balaban J connectivity index is 2.18. The van der Waals surface area contributed by atoms with E-state index in [4.69, 9.17) is 16.7 Å². The Labute approximate surface area is 120 Å². The van der Waals surface area contributed by atoms with Crippen molar-refractivity contribution >= 4 is 27.4 Å². The lowest BCUT2D eigenvalue weighted by Crippen LogP contribution is -2.51. The van der Waals surface area contributed by atoms with Crippen LogP contribution in [0.25, 0.3) is 0 Å². The zero-order valence-corrected chi connectivity index (χ0v) is 12.0. The molecule has 2 rings (SSSR count). The molecule has 1 unspecified atom stereocenters. The molecule has 0 aromatic heterocycles. The van der Waals surface area contributed by atoms with Gasteiger partial charge in [0.1, 0.15) is 11.9 Å². The van der Waals surface area contributed by atoms with E-state index < -0.39 is 33.4 Å². The third kappa shape index (κ3) is 3.47. The minimum atomic E-state index is -3.33. The Morgan fingerprint density at radius 1 is 1.50 bits per heavy atom. The molecular weight excluding hydrogens is 309 g/mol. The van der Waals surface area contributed by atoms with Crippen molar-refractivity contribution in [3.63, 3.8) is 0 Å². The lowest BCUT2D eigenvalue weighted by atomic mass is 10.1. The summed E-state index contributed by atoms with van der Waals surface area (Å²) in [4.78, 5) is 12.7. The largest absolute Gasteiger partial charge is 0.480 e. The first-order valence-corrected chi connectivity index (χ1v) is 8.09. The SMILES string of the molecule is O=C(O)C1CS(=O)(=O)CCN1Cc1ccc(F)c(Cl)c1. The molecule has 0 radical (unpaired) electrons. The van der Waals surface area contributed by atoms with Crippen molar-refractivity contribution in [1.29, 1.82) is 0 Å². The average molecular weight is 322 g/mol. The van der Waals surface area contributed by atoms with Gasteiger partial charge in [-0.15, -0.1) is 0 Å². The van der Waals surface area contributed by atoms with Crippen molar-refractivity contribution in [3.05, 3.63) is 34.6 Å². The molecule has 0 bridgehead atoms. The average Bonchev–Trinajstić information content (AvgIpc) is 2.35. The van der Waals surface area contributed by atoms with Crippen molar-refractivity contribution in [2.24, 2.45) is 0 Å². The van der Waals surface area contributed by atoms with Crippen LogP contribution in [-0.4, -0.2) is 48.5 Å². The molecule has 1 aliphatic heterocycles. The minimum Gasteiger partial charge on any atom is -0.480 e. The van der Waals surface area contributed by atoms with Crippen LogP contribution in [0.1, 0.15) is 5.56 Å². The predicted molar refractivity (Wildman–Crippen MR) is 71.9 cm³/mol. The summed E-state index contributed by atoms with van der Waals surface area (Å²) in [6, 6.07) is 3.04. The number of carboxylic acids is 1. The van der Waals surface area contributed by atoms with Crippen LogP contribution in [0.3, 0.4) is 0 Å². The third-order valence-electron chi connectivity index (χ3n) is 3.20. The summed E-state index contributed by atoms with van der Waals surface area (Å²) in [5.74, 6) is -2.21. The summed E-state index contributed by atoms with van der Waals surface area (Å²) < 4.78 is 36.1. The van der Waals surface area contributed by atoms with Crippen LogP contribution in [-0.2, 0) is 21.2 Å². The summed E-state index contributed by atoms with van der Waals surface area (Å²) in [5.41, 5.74) is 0.641. The first-order chi connectivity index (χ1) is 9.28. The fourth-order valence-corrected chi connectivity index (χ4v) is 3.85.